The molecule has 5 heterocycles. The average molecular weight is 738 g/mol. The van der Waals surface area contributed by atoms with Crippen molar-refractivity contribution >= 4 is 47.6 Å². The molecular weight excluding hydrogens is 669 g/mol. The second kappa shape index (κ2) is 17.4. The topological polar surface area (TPSA) is 179 Å². The Hall–Kier alpha value is 0.946. The molecule has 46 heavy (non-hydrogen) atoms. The van der Waals surface area contributed by atoms with Crippen LogP contribution in [-0.4, -0.2) is 113 Å². The van der Waals surface area contributed by atoms with Gasteiger partial charge in [-0.1, -0.05) is 51.4 Å². The van der Waals surface area contributed by atoms with Gasteiger partial charge in [0.2, 0.25) is 0 Å². The number of nitrogens with one attached hydrogen (secondary N) is 8. The van der Waals surface area contributed by atoms with Crippen molar-refractivity contribution in [2.45, 2.75) is 152 Å². The van der Waals surface area contributed by atoms with E-state index < -0.39 is 0 Å². The predicted molar refractivity (Wildman–Crippen MR) is 194 cm³/mol. The van der Waals surface area contributed by atoms with E-state index in [-0.39, 0.29) is 48.1 Å². The van der Waals surface area contributed by atoms with E-state index in [2.05, 4.69) is 42.5 Å². The molecule has 11 nitrogen and oxygen atoms in total. The Balaban J connectivity index is 0.000000786. The third-order valence-electron chi connectivity index (χ3n) is 13.8. The Bertz CT molecular complexity index is 746. The van der Waals surface area contributed by atoms with E-state index >= 15 is 0 Å². The van der Waals surface area contributed by atoms with E-state index in [1.807, 2.05) is 0 Å². The van der Waals surface area contributed by atoms with Crippen LogP contribution in [0.1, 0.15) is 103 Å². The molecule has 0 aromatic carbocycles. The number of rotatable bonds is 0. The van der Waals surface area contributed by atoms with Crippen LogP contribution in [0.15, 0.2) is 0 Å². The molecule has 264 valence electrons. The summed E-state index contributed by atoms with van der Waals surface area (Å²) in [5.41, 5.74) is 0. The number of hydrogen-bond acceptors (Lipinski definition) is 9. The first kappa shape index (κ1) is 39.7. The summed E-state index contributed by atoms with van der Waals surface area (Å²) < 4.78 is 0. The van der Waals surface area contributed by atoms with Crippen molar-refractivity contribution in [3.8, 4) is 0 Å². The van der Waals surface area contributed by atoms with Gasteiger partial charge in [-0.15, -0.1) is 0 Å². The molecule has 9 fully saturated rings. The molecule has 2 radical (unpaired) electrons. The van der Waals surface area contributed by atoms with Gasteiger partial charge < -0.3 is 15.7 Å². The second-order valence-corrected chi connectivity index (χ2v) is 15.6. The Morgan fingerprint density at radius 2 is 0.413 bits per heavy atom. The van der Waals surface area contributed by atoms with Crippen LogP contribution in [0.5, 0.6) is 0 Å². The van der Waals surface area contributed by atoms with E-state index in [0.29, 0.717) is 59.8 Å². The van der Waals surface area contributed by atoms with Gasteiger partial charge in [-0.05, 0) is 98.7 Å². The van der Waals surface area contributed by atoms with Crippen LogP contribution in [0, 0.1) is 47.3 Å². The minimum absolute atomic E-state index is 0. The fourth-order valence-electron chi connectivity index (χ4n) is 12.0. The van der Waals surface area contributed by atoms with Gasteiger partial charge in [0.05, 0.1) is 49.3 Å². The first-order valence-electron chi connectivity index (χ1n) is 18.3. The zero-order valence-electron chi connectivity index (χ0n) is 29.0. The van der Waals surface area contributed by atoms with Crippen molar-refractivity contribution in [2.24, 2.45) is 47.3 Å². The summed E-state index contributed by atoms with van der Waals surface area (Å²) in [6.07, 6.45) is 25.6. The Morgan fingerprint density at radius 1 is 0.304 bits per heavy atom. The van der Waals surface area contributed by atoms with Crippen molar-refractivity contribution in [3.05, 3.63) is 0 Å². The van der Waals surface area contributed by atoms with E-state index in [9.17, 15) is 0 Å². The molecule has 5 aliphatic heterocycles. The van der Waals surface area contributed by atoms with Crippen molar-refractivity contribution in [1.29, 1.82) is 0 Å². The molecule has 13 N–H and O–H groups in total. The van der Waals surface area contributed by atoms with Gasteiger partial charge in [0, 0.05) is 0 Å². The first-order chi connectivity index (χ1) is 20.8. The molecule has 9 rings (SSSR count). The van der Waals surface area contributed by atoms with Gasteiger partial charge in [0.1, 0.15) is 27.8 Å². The van der Waals surface area contributed by atoms with Gasteiger partial charge >= 0.3 is 19.8 Å². The maximum atomic E-state index is 7.14. The van der Waals surface area contributed by atoms with Gasteiger partial charge in [-0.25, -0.2) is 0 Å². The second-order valence-electron chi connectivity index (χ2n) is 15.6. The van der Waals surface area contributed by atoms with Crippen LogP contribution >= 0.6 is 0 Å². The molecule has 0 amide bonds. The van der Waals surface area contributed by atoms with E-state index in [0.717, 1.165) is 47.3 Å². The Labute approximate surface area is 304 Å². The molecule has 0 spiro atoms. The monoisotopic (exact) mass is 736 g/mol. The molecule has 4 aliphatic carbocycles. The Kier molecular flexibility index (Phi) is 15.1. The fraction of sp³-hybridized carbons (Fsp3) is 1.00. The SMILES string of the molecule is C1CCC2C3NC(NC4NC(NC5NC(NC6NC(N3)C3CCCCC63)C3CCCCC53)C3CCCCC43)C2C1.O.O.O[SiH3].[AlH2].[GaH2]. The van der Waals surface area contributed by atoms with E-state index in [1.54, 1.807) is 0 Å². The standard InChI is InChI=1S/C32H56N8.Al.Ga.H4OSi.2H2O.4H/c1-2-10-18-17(9-1)25-33-26(18)38-28-21-13-5-6-14-22(21)30(35-28)40-32-24-16-8-7-15-23(24)31(36-32)39-29-20-12-4-3-11-19(20)27(34-29)37-25;;;1-2;;;;;;/h17-40H,1-16H2;;;1H,2H3;2*1H2;;;;. The third-order valence-corrected chi connectivity index (χ3v) is 13.8. The normalized spacial score (nSPS) is 50.3. The zero-order chi connectivity index (χ0) is 28.2. The van der Waals surface area contributed by atoms with Crippen molar-refractivity contribution in [1.82, 2.24) is 42.5 Å². The van der Waals surface area contributed by atoms with Crippen LogP contribution in [0.25, 0.3) is 0 Å². The van der Waals surface area contributed by atoms with E-state index in [1.165, 1.54) is 103 Å². The van der Waals surface area contributed by atoms with Crippen molar-refractivity contribution < 1.29 is 15.7 Å². The van der Waals surface area contributed by atoms with Crippen molar-refractivity contribution in [3.63, 3.8) is 0 Å². The molecule has 5 saturated heterocycles. The van der Waals surface area contributed by atoms with Crippen LogP contribution < -0.4 is 42.5 Å². The quantitative estimate of drug-likeness (QED) is 0.121. The summed E-state index contributed by atoms with van der Waals surface area (Å²) in [6.45, 7) is 0. The van der Waals surface area contributed by atoms with E-state index in [4.69, 9.17) is 4.80 Å². The van der Waals surface area contributed by atoms with Crippen LogP contribution in [-0.2, 0) is 0 Å². The van der Waals surface area contributed by atoms with Crippen LogP contribution in [0.3, 0.4) is 0 Å². The molecule has 0 aromatic rings. The van der Waals surface area contributed by atoms with Gasteiger partial charge in [-0.2, -0.15) is 0 Å². The molecule has 8 bridgehead atoms. The molecule has 8 unspecified atom stereocenters. The van der Waals surface area contributed by atoms with Gasteiger partial charge in [0.25, 0.3) is 0 Å². The summed E-state index contributed by atoms with van der Waals surface area (Å²) in [5.74, 6) is 5.97. The zero-order valence-corrected chi connectivity index (χ0v) is 37.2. The summed E-state index contributed by atoms with van der Waals surface area (Å²) in [6, 6.07) is 0. The average Bonchev–Trinajstić information content (AvgIpc) is 3.78. The van der Waals surface area contributed by atoms with Crippen LogP contribution in [0.4, 0.5) is 0 Å². The molecule has 4 saturated carbocycles. The van der Waals surface area contributed by atoms with Crippen molar-refractivity contribution in [2.75, 3.05) is 0 Å². The molecule has 14 heteroatoms. The summed E-state index contributed by atoms with van der Waals surface area (Å²) in [4.78, 5) is 7.14. The summed E-state index contributed by atoms with van der Waals surface area (Å²) >= 11 is 0. The maximum absolute atomic E-state index is 7.14. The summed E-state index contributed by atoms with van der Waals surface area (Å²) in [5, 5.41) is 33.8. The Morgan fingerprint density at radius 3 is 0.522 bits per heavy atom. The fourth-order valence-corrected chi connectivity index (χ4v) is 12.0. The molecule has 0 aromatic heterocycles. The molecule has 9 aliphatic rings. The third kappa shape index (κ3) is 7.31. The van der Waals surface area contributed by atoms with Gasteiger partial charge in [-0.3, -0.25) is 42.5 Å². The predicted octanol–water partition coefficient (Wildman–Crippen LogP) is -2.62. The number of fused-ring (bicyclic) bond motifs is 20. The first-order valence-corrected chi connectivity index (χ1v) is 19.2. The number of hydrogen-bond donors (Lipinski definition) is 9. The minimum atomic E-state index is 0. The van der Waals surface area contributed by atoms with Crippen LogP contribution in [0.2, 0.25) is 0 Å². The summed E-state index contributed by atoms with van der Waals surface area (Å²) in [7, 11) is 0.306. The molecule has 8 atom stereocenters. The van der Waals surface area contributed by atoms with Gasteiger partial charge in [0.15, 0.2) is 0 Å². The molecular formula is C32H68AlGaN8O3Si.